The summed E-state index contributed by atoms with van der Waals surface area (Å²) in [6.07, 6.45) is 0.0233. The molecular formula is C20H20N2O3S2. The van der Waals surface area contributed by atoms with E-state index in [-0.39, 0.29) is 6.54 Å². The normalized spacial score (nSPS) is 11.7. The number of carbonyl (C=O) groups excluding carboxylic acids is 2. The van der Waals surface area contributed by atoms with Gasteiger partial charge in [0.05, 0.1) is 6.54 Å². The molecule has 2 heterocycles. The molecule has 7 heteroatoms. The molecule has 0 radical (unpaired) electrons. The number of amides is 2. The molecule has 0 fully saturated rings. The lowest BCUT2D eigenvalue weighted by Gasteiger charge is -2.06. The number of nitrogens with one attached hydrogen (secondary N) is 2. The second-order valence-electron chi connectivity index (χ2n) is 5.90. The molecule has 140 valence electrons. The van der Waals surface area contributed by atoms with E-state index in [1.165, 1.54) is 22.7 Å². The van der Waals surface area contributed by atoms with Gasteiger partial charge in [-0.15, -0.1) is 22.7 Å². The van der Waals surface area contributed by atoms with Crippen molar-refractivity contribution in [2.75, 3.05) is 6.54 Å². The number of rotatable bonds is 7. The Kier molecular flexibility index (Phi) is 6.75. The predicted octanol–water partition coefficient (Wildman–Crippen LogP) is 2.87. The fourth-order valence-corrected chi connectivity index (χ4v) is 4.28. The quantitative estimate of drug-likeness (QED) is 0.534. The van der Waals surface area contributed by atoms with E-state index in [4.69, 9.17) is 0 Å². The Bertz CT molecular complexity index is 876. The van der Waals surface area contributed by atoms with E-state index in [1.54, 1.807) is 0 Å². The minimum atomic E-state index is -0.656. The summed E-state index contributed by atoms with van der Waals surface area (Å²) in [6, 6.07) is 17.2. The topological polar surface area (TPSA) is 78.4 Å². The van der Waals surface area contributed by atoms with Crippen molar-refractivity contribution in [3.8, 4) is 0 Å². The van der Waals surface area contributed by atoms with Crippen LogP contribution in [0.25, 0.3) is 0 Å². The van der Waals surface area contributed by atoms with Crippen molar-refractivity contribution >= 4 is 34.5 Å². The zero-order chi connectivity index (χ0) is 19.1. The van der Waals surface area contributed by atoms with Crippen LogP contribution in [0.15, 0.2) is 60.0 Å². The lowest BCUT2D eigenvalue weighted by atomic mass is 10.1. The predicted molar refractivity (Wildman–Crippen MR) is 108 cm³/mol. The molecule has 2 amide bonds. The smallest absolute Gasteiger partial charge is 0.309 e. The van der Waals surface area contributed by atoms with Gasteiger partial charge in [-0.3, -0.25) is 9.59 Å². The van der Waals surface area contributed by atoms with Crippen LogP contribution in [0.3, 0.4) is 0 Å². The largest absolute Gasteiger partial charge is 0.382 e. The number of carbonyl (C=O) groups is 2. The van der Waals surface area contributed by atoms with Crippen molar-refractivity contribution in [1.29, 1.82) is 0 Å². The monoisotopic (exact) mass is 400 g/mol. The molecule has 27 heavy (non-hydrogen) atoms. The highest BCUT2D eigenvalue weighted by Crippen LogP contribution is 2.30. The third-order valence-electron chi connectivity index (χ3n) is 3.94. The summed E-state index contributed by atoms with van der Waals surface area (Å²) in [5.41, 5.74) is 1.11. The second-order valence-corrected chi connectivity index (χ2v) is 8.08. The zero-order valence-corrected chi connectivity index (χ0v) is 16.2. The maximum atomic E-state index is 11.9. The van der Waals surface area contributed by atoms with Crippen molar-refractivity contribution in [1.82, 2.24) is 10.6 Å². The molecule has 0 bridgehead atoms. The summed E-state index contributed by atoms with van der Waals surface area (Å²) in [5, 5.41) is 17.5. The number of aliphatic hydroxyl groups is 1. The van der Waals surface area contributed by atoms with Gasteiger partial charge in [0.2, 0.25) is 0 Å². The van der Waals surface area contributed by atoms with Crippen LogP contribution in [0, 0.1) is 0 Å². The van der Waals surface area contributed by atoms with Crippen molar-refractivity contribution in [3.05, 3.63) is 80.2 Å². The van der Waals surface area contributed by atoms with Crippen molar-refractivity contribution in [2.45, 2.75) is 19.1 Å². The highest BCUT2D eigenvalue weighted by molar-refractivity contribution is 7.12. The van der Waals surface area contributed by atoms with Crippen LogP contribution in [0.1, 0.15) is 26.3 Å². The Morgan fingerprint density at radius 1 is 0.926 bits per heavy atom. The Hall–Kier alpha value is -2.48. The van der Waals surface area contributed by atoms with Crippen LogP contribution in [-0.4, -0.2) is 23.5 Å². The standard InChI is InChI=1S/C20H20N2O3S2/c23-18(16-7-4-12-26-16)17-9-8-15(27-17)13-22-20(25)19(24)21-11-10-14-5-2-1-3-6-14/h1-9,12,18,23H,10-11,13H2,(H,21,24)(H,22,25). The Labute approximate surface area is 165 Å². The van der Waals surface area contributed by atoms with Crippen LogP contribution in [0.2, 0.25) is 0 Å². The Morgan fingerprint density at radius 2 is 1.70 bits per heavy atom. The summed E-state index contributed by atoms with van der Waals surface area (Å²) < 4.78 is 0. The van der Waals surface area contributed by atoms with E-state index in [9.17, 15) is 14.7 Å². The van der Waals surface area contributed by atoms with Gasteiger partial charge in [0.25, 0.3) is 0 Å². The SMILES string of the molecule is O=C(NCCc1ccccc1)C(=O)NCc1ccc(C(O)c2cccs2)s1. The molecule has 0 aliphatic heterocycles. The first-order valence-electron chi connectivity index (χ1n) is 8.53. The highest BCUT2D eigenvalue weighted by atomic mass is 32.1. The molecule has 0 aliphatic rings. The summed E-state index contributed by atoms with van der Waals surface area (Å²) in [4.78, 5) is 26.4. The number of benzene rings is 1. The summed E-state index contributed by atoms with van der Waals surface area (Å²) in [6.45, 7) is 0.666. The summed E-state index contributed by atoms with van der Waals surface area (Å²) in [5.74, 6) is -1.29. The van der Waals surface area contributed by atoms with Crippen LogP contribution in [0.4, 0.5) is 0 Å². The van der Waals surface area contributed by atoms with Gasteiger partial charge >= 0.3 is 11.8 Å². The Balaban J connectivity index is 1.43. The van der Waals surface area contributed by atoms with Gasteiger partial charge in [-0.2, -0.15) is 0 Å². The molecule has 3 N–H and O–H groups in total. The molecule has 5 nitrogen and oxygen atoms in total. The molecular weight excluding hydrogens is 380 g/mol. The van der Waals surface area contributed by atoms with Gasteiger partial charge in [0, 0.05) is 21.2 Å². The maximum Gasteiger partial charge on any atom is 0.309 e. The first kappa shape index (κ1) is 19.3. The van der Waals surface area contributed by atoms with Crippen molar-refractivity contribution in [3.63, 3.8) is 0 Å². The fourth-order valence-electron chi connectivity index (χ4n) is 2.52. The molecule has 3 aromatic rings. The molecule has 0 saturated carbocycles. The zero-order valence-electron chi connectivity index (χ0n) is 14.6. The van der Waals surface area contributed by atoms with E-state index < -0.39 is 17.9 Å². The van der Waals surface area contributed by atoms with E-state index in [0.717, 1.165) is 20.2 Å². The molecule has 1 unspecified atom stereocenters. The highest BCUT2D eigenvalue weighted by Gasteiger charge is 2.16. The summed E-state index contributed by atoms with van der Waals surface area (Å²) >= 11 is 2.92. The van der Waals surface area contributed by atoms with Gasteiger partial charge in [0.1, 0.15) is 6.10 Å². The molecule has 1 aromatic carbocycles. The number of aliphatic hydroxyl groups excluding tert-OH is 1. The van der Waals surface area contributed by atoms with Gasteiger partial charge < -0.3 is 15.7 Å². The maximum absolute atomic E-state index is 11.9. The van der Waals surface area contributed by atoms with E-state index in [2.05, 4.69) is 10.6 Å². The van der Waals surface area contributed by atoms with E-state index in [1.807, 2.05) is 60.0 Å². The van der Waals surface area contributed by atoms with Gasteiger partial charge in [-0.25, -0.2) is 0 Å². The molecule has 3 rings (SSSR count). The van der Waals surface area contributed by atoms with Crippen LogP contribution in [-0.2, 0) is 22.6 Å². The van der Waals surface area contributed by atoms with E-state index >= 15 is 0 Å². The average Bonchev–Trinajstić information content (AvgIpc) is 3.38. The minimum Gasteiger partial charge on any atom is -0.382 e. The van der Waals surface area contributed by atoms with Crippen LogP contribution < -0.4 is 10.6 Å². The third kappa shape index (κ3) is 5.50. The second kappa shape index (κ2) is 9.45. The summed E-state index contributed by atoms with van der Waals surface area (Å²) in [7, 11) is 0. The first-order valence-corrected chi connectivity index (χ1v) is 10.2. The van der Waals surface area contributed by atoms with Gasteiger partial charge in [0.15, 0.2) is 0 Å². The first-order chi connectivity index (χ1) is 13.1. The van der Waals surface area contributed by atoms with Gasteiger partial charge in [-0.1, -0.05) is 36.4 Å². The number of hydrogen-bond acceptors (Lipinski definition) is 5. The molecule has 0 spiro atoms. The van der Waals surface area contributed by atoms with Crippen LogP contribution >= 0.6 is 22.7 Å². The minimum absolute atomic E-state index is 0.257. The van der Waals surface area contributed by atoms with Gasteiger partial charge in [-0.05, 0) is 35.6 Å². The third-order valence-corrected chi connectivity index (χ3v) is 6.00. The van der Waals surface area contributed by atoms with Crippen LogP contribution in [0.5, 0.6) is 0 Å². The number of hydrogen-bond donors (Lipinski definition) is 3. The molecule has 2 aromatic heterocycles. The molecule has 0 aliphatic carbocycles. The lowest BCUT2D eigenvalue weighted by molar-refractivity contribution is -0.139. The fraction of sp³-hybridized carbons (Fsp3) is 0.200. The van der Waals surface area contributed by atoms with Crippen molar-refractivity contribution in [2.24, 2.45) is 0 Å². The Morgan fingerprint density at radius 3 is 2.44 bits per heavy atom. The molecule has 1 atom stereocenters. The molecule has 0 saturated heterocycles. The van der Waals surface area contributed by atoms with Crippen molar-refractivity contribution < 1.29 is 14.7 Å². The number of thiophene rings is 2. The van der Waals surface area contributed by atoms with E-state index in [0.29, 0.717) is 13.0 Å². The average molecular weight is 401 g/mol. The lowest BCUT2D eigenvalue weighted by Crippen LogP contribution is -2.40.